The van der Waals surface area contributed by atoms with Crippen molar-refractivity contribution in [1.29, 1.82) is 0 Å². The van der Waals surface area contributed by atoms with E-state index in [4.69, 9.17) is 21.9 Å². The van der Waals surface area contributed by atoms with Gasteiger partial charge in [0.2, 0.25) is 0 Å². The minimum Gasteiger partial charge on any atom is -0.497 e. The molecule has 0 unspecified atom stereocenters. The lowest BCUT2D eigenvalue weighted by Crippen LogP contribution is -2.28. The van der Waals surface area contributed by atoms with E-state index >= 15 is 0 Å². The van der Waals surface area contributed by atoms with Gasteiger partial charge in [-0.15, -0.1) is 0 Å². The number of rotatable bonds is 7. The molecule has 0 radical (unpaired) electrons. The van der Waals surface area contributed by atoms with Gasteiger partial charge >= 0.3 is 0 Å². The lowest BCUT2D eigenvalue weighted by Gasteiger charge is -2.13. The molecule has 3 aromatic rings. The van der Waals surface area contributed by atoms with Crippen molar-refractivity contribution in [3.8, 4) is 5.75 Å². The van der Waals surface area contributed by atoms with E-state index in [1.807, 2.05) is 44.2 Å². The summed E-state index contributed by atoms with van der Waals surface area (Å²) in [7, 11) is 1.62. The number of pyridine rings is 1. The Morgan fingerprint density at radius 2 is 1.97 bits per heavy atom. The zero-order chi connectivity index (χ0) is 23.5. The number of carbonyl (C=O) groups is 1. The number of hydrogen-bond acceptors (Lipinski definition) is 7. The molecule has 33 heavy (non-hydrogen) atoms. The van der Waals surface area contributed by atoms with Crippen LogP contribution in [0.3, 0.4) is 0 Å². The average molecular weight is 481 g/mol. The summed E-state index contributed by atoms with van der Waals surface area (Å²) in [4.78, 5) is 33.1. The highest BCUT2D eigenvalue weighted by atomic mass is 32.2. The van der Waals surface area contributed by atoms with Crippen molar-refractivity contribution in [2.75, 3.05) is 19.0 Å². The number of thioether (sulfide) groups is 1. The maximum Gasteiger partial charge on any atom is 0.267 e. The Kier molecular flexibility index (Phi) is 6.80. The fourth-order valence-electron chi connectivity index (χ4n) is 3.55. The number of amides is 1. The highest BCUT2D eigenvalue weighted by Crippen LogP contribution is 2.33. The van der Waals surface area contributed by atoms with Gasteiger partial charge in [0.25, 0.3) is 11.5 Å². The summed E-state index contributed by atoms with van der Waals surface area (Å²) in [6, 6.07) is 11.4. The molecule has 1 fully saturated rings. The maximum atomic E-state index is 13.4. The molecule has 0 saturated carbocycles. The molecular weight excluding hydrogens is 456 g/mol. The second-order valence-electron chi connectivity index (χ2n) is 7.60. The van der Waals surface area contributed by atoms with E-state index < -0.39 is 0 Å². The van der Waals surface area contributed by atoms with E-state index in [2.05, 4.69) is 5.32 Å². The molecule has 1 N–H and O–H groups in total. The molecule has 3 heterocycles. The molecule has 1 amide bonds. The second-order valence-corrected chi connectivity index (χ2v) is 9.27. The minimum absolute atomic E-state index is 0.179. The predicted molar refractivity (Wildman–Crippen MR) is 137 cm³/mol. The number of nitrogens with one attached hydrogen (secondary N) is 1. The number of thiocarbonyl (C=S) groups is 1. The van der Waals surface area contributed by atoms with E-state index in [1.165, 1.54) is 16.2 Å². The highest BCUT2D eigenvalue weighted by Gasteiger charge is 2.32. The number of fused-ring (bicyclic) bond motifs is 1. The van der Waals surface area contributed by atoms with Crippen LogP contribution in [0.25, 0.3) is 11.7 Å². The molecular formula is C24H24N4O3S2. The molecule has 0 spiro atoms. The van der Waals surface area contributed by atoms with Gasteiger partial charge in [0, 0.05) is 19.3 Å². The molecule has 0 aliphatic carbocycles. The third-order valence-electron chi connectivity index (χ3n) is 5.30. The van der Waals surface area contributed by atoms with Gasteiger partial charge in [-0.25, -0.2) is 4.98 Å². The van der Waals surface area contributed by atoms with Crippen LogP contribution in [-0.2, 0) is 11.3 Å². The lowest BCUT2D eigenvalue weighted by atomic mass is 10.2. The monoisotopic (exact) mass is 480 g/mol. The predicted octanol–water partition coefficient (Wildman–Crippen LogP) is 4.23. The Labute approximate surface area is 201 Å². The fraction of sp³-hybridized carbons (Fsp3) is 0.250. The second kappa shape index (κ2) is 9.76. The number of carbonyl (C=O) groups excluding carboxylic acids is 1. The molecule has 1 saturated heterocycles. The Bertz CT molecular complexity index is 1320. The number of aryl methyl sites for hydroxylation is 1. The van der Waals surface area contributed by atoms with Gasteiger partial charge in [-0.2, -0.15) is 0 Å². The lowest BCUT2D eigenvalue weighted by molar-refractivity contribution is -0.122. The number of benzene rings is 1. The highest BCUT2D eigenvalue weighted by molar-refractivity contribution is 8.26. The van der Waals surface area contributed by atoms with Crippen LogP contribution in [0, 0.1) is 6.92 Å². The minimum atomic E-state index is -0.248. The summed E-state index contributed by atoms with van der Waals surface area (Å²) in [6.45, 7) is 4.91. The standard InChI is InChI=1S/C24H24N4O3S2/c1-4-11-28-23(30)19(33-24(28)32)13-18-20(25-14-16-7-9-17(31-3)10-8-16)26-21-15(2)6-5-12-27(21)22(18)29/h5-10,12-13,25H,4,11,14H2,1-3H3/b19-13-. The first-order valence-electron chi connectivity index (χ1n) is 10.6. The van der Waals surface area contributed by atoms with Crippen LogP contribution in [0.4, 0.5) is 5.82 Å². The van der Waals surface area contributed by atoms with Crippen LogP contribution < -0.4 is 15.6 Å². The molecule has 4 rings (SSSR count). The summed E-state index contributed by atoms with van der Waals surface area (Å²) >= 11 is 6.59. The Hall–Kier alpha value is -3.17. The van der Waals surface area contributed by atoms with E-state index in [0.29, 0.717) is 39.3 Å². The first kappa shape index (κ1) is 23.0. The van der Waals surface area contributed by atoms with Crippen molar-refractivity contribution in [2.45, 2.75) is 26.8 Å². The van der Waals surface area contributed by atoms with Crippen LogP contribution in [0.2, 0.25) is 0 Å². The van der Waals surface area contributed by atoms with E-state index in [1.54, 1.807) is 30.3 Å². The van der Waals surface area contributed by atoms with Crippen LogP contribution in [0.1, 0.15) is 30.0 Å². The van der Waals surface area contributed by atoms with E-state index in [9.17, 15) is 9.59 Å². The summed E-state index contributed by atoms with van der Waals surface area (Å²) in [5.41, 5.74) is 2.52. The van der Waals surface area contributed by atoms with Gasteiger partial charge in [0.15, 0.2) is 0 Å². The molecule has 170 valence electrons. The van der Waals surface area contributed by atoms with Crippen LogP contribution in [0.15, 0.2) is 52.3 Å². The largest absolute Gasteiger partial charge is 0.497 e. The third kappa shape index (κ3) is 4.65. The van der Waals surface area contributed by atoms with Crippen molar-refractivity contribution >= 4 is 51.7 Å². The quantitative estimate of drug-likeness (QED) is 0.401. The Morgan fingerprint density at radius 3 is 2.67 bits per heavy atom. The Balaban J connectivity index is 1.77. The Morgan fingerprint density at radius 1 is 1.21 bits per heavy atom. The average Bonchev–Trinajstić information content (AvgIpc) is 3.08. The number of hydrogen-bond donors (Lipinski definition) is 1. The van der Waals surface area contributed by atoms with E-state index in [-0.39, 0.29) is 11.5 Å². The zero-order valence-corrected chi connectivity index (χ0v) is 20.3. The first-order valence-corrected chi connectivity index (χ1v) is 11.8. The normalized spacial score (nSPS) is 15.0. The summed E-state index contributed by atoms with van der Waals surface area (Å²) in [5.74, 6) is 1.01. The van der Waals surface area contributed by atoms with E-state index in [0.717, 1.165) is 23.3 Å². The topological polar surface area (TPSA) is 75.9 Å². The van der Waals surface area contributed by atoms with Gasteiger partial charge < -0.3 is 10.1 Å². The summed E-state index contributed by atoms with van der Waals surface area (Å²) in [6.07, 6.45) is 4.09. The molecule has 1 aromatic carbocycles. The summed E-state index contributed by atoms with van der Waals surface area (Å²) in [5, 5.41) is 3.29. The number of nitrogens with zero attached hydrogens (tertiary/aromatic N) is 3. The van der Waals surface area contributed by atoms with Crippen molar-refractivity contribution in [2.24, 2.45) is 0 Å². The van der Waals surface area contributed by atoms with Gasteiger partial charge in [-0.1, -0.05) is 49.1 Å². The molecule has 2 aromatic heterocycles. The van der Waals surface area contributed by atoms with Crippen LogP contribution in [-0.4, -0.2) is 38.2 Å². The zero-order valence-electron chi connectivity index (χ0n) is 18.6. The molecule has 1 aliphatic heterocycles. The van der Waals surface area contributed by atoms with Crippen molar-refractivity contribution < 1.29 is 9.53 Å². The van der Waals surface area contributed by atoms with Crippen LogP contribution in [0.5, 0.6) is 5.75 Å². The van der Waals surface area contributed by atoms with Crippen LogP contribution >= 0.6 is 24.0 Å². The number of methoxy groups -OCH3 is 1. The number of anilines is 1. The fourth-order valence-corrected chi connectivity index (χ4v) is 4.84. The smallest absolute Gasteiger partial charge is 0.267 e. The third-order valence-corrected chi connectivity index (χ3v) is 6.68. The number of aromatic nitrogens is 2. The first-order chi connectivity index (χ1) is 15.9. The van der Waals surface area contributed by atoms with Crippen molar-refractivity contribution in [3.63, 3.8) is 0 Å². The van der Waals surface area contributed by atoms with Crippen molar-refractivity contribution in [1.82, 2.24) is 14.3 Å². The van der Waals surface area contributed by atoms with Crippen molar-refractivity contribution in [3.05, 3.63) is 74.5 Å². The van der Waals surface area contributed by atoms with Gasteiger partial charge in [0.1, 0.15) is 21.5 Å². The van der Waals surface area contributed by atoms with Gasteiger partial charge in [-0.3, -0.25) is 18.9 Å². The molecule has 7 nitrogen and oxygen atoms in total. The van der Waals surface area contributed by atoms with Gasteiger partial charge in [0.05, 0.1) is 17.6 Å². The van der Waals surface area contributed by atoms with Gasteiger partial charge in [-0.05, 0) is 48.7 Å². The summed E-state index contributed by atoms with van der Waals surface area (Å²) < 4.78 is 7.23. The SMILES string of the molecule is CCCN1C(=O)/C(=C/c2c(NCc3ccc(OC)cc3)nc3c(C)cccn3c2=O)SC1=S. The maximum absolute atomic E-state index is 13.4. The molecule has 1 aliphatic rings. The molecule has 9 heteroatoms. The number of ether oxygens (including phenoxy) is 1. The molecule has 0 bridgehead atoms. The molecule has 0 atom stereocenters.